The van der Waals surface area contributed by atoms with Gasteiger partial charge in [0.2, 0.25) is 0 Å². The zero-order chi connectivity index (χ0) is 15.2. The van der Waals surface area contributed by atoms with E-state index in [2.05, 4.69) is 12.2 Å². The highest BCUT2D eigenvalue weighted by molar-refractivity contribution is 6.25. The van der Waals surface area contributed by atoms with Crippen LogP contribution >= 0.6 is 11.6 Å². The zero-order valence-electron chi connectivity index (χ0n) is 12.4. The van der Waals surface area contributed by atoms with Gasteiger partial charge in [-0.05, 0) is 31.9 Å². The molecule has 3 nitrogen and oxygen atoms in total. The second-order valence-corrected chi connectivity index (χ2v) is 5.89. The molecule has 1 rings (SSSR count). The number of halogens is 1. The van der Waals surface area contributed by atoms with Gasteiger partial charge in [-0.25, -0.2) is 4.79 Å². The van der Waals surface area contributed by atoms with Crippen LogP contribution in [-0.4, -0.2) is 18.2 Å². The molecule has 0 aliphatic heterocycles. The first-order valence-corrected chi connectivity index (χ1v) is 7.08. The molecule has 1 aromatic carbocycles. The minimum absolute atomic E-state index is 0.142. The van der Waals surface area contributed by atoms with Gasteiger partial charge in [0.1, 0.15) is 5.60 Å². The summed E-state index contributed by atoms with van der Waals surface area (Å²) in [5.74, 6) is 0.142. The molecule has 1 N–H and O–H groups in total. The molecule has 0 fully saturated rings. The topological polar surface area (TPSA) is 38.3 Å². The number of benzene rings is 1. The van der Waals surface area contributed by atoms with Crippen molar-refractivity contribution in [2.45, 2.75) is 39.2 Å². The summed E-state index contributed by atoms with van der Waals surface area (Å²) in [5, 5.41) is 2.73. The van der Waals surface area contributed by atoms with Crippen molar-refractivity contribution >= 4 is 17.7 Å². The van der Waals surface area contributed by atoms with Gasteiger partial charge in [-0.15, -0.1) is 0 Å². The first kappa shape index (κ1) is 16.6. The van der Waals surface area contributed by atoms with Crippen molar-refractivity contribution in [2.24, 2.45) is 0 Å². The molecule has 0 spiro atoms. The van der Waals surface area contributed by atoms with Crippen LogP contribution in [-0.2, 0) is 4.74 Å². The molecule has 1 unspecified atom stereocenters. The van der Waals surface area contributed by atoms with E-state index in [1.54, 1.807) is 0 Å². The Morgan fingerprint density at radius 1 is 1.35 bits per heavy atom. The molecule has 4 heteroatoms. The highest BCUT2D eigenvalue weighted by atomic mass is 35.5. The summed E-state index contributed by atoms with van der Waals surface area (Å²) >= 11 is 5.87. The number of amides is 1. The first-order chi connectivity index (χ1) is 9.33. The Labute approximate surface area is 126 Å². The van der Waals surface area contributed by atoms with E-state index in [4.69, 9.17) is 16.3 Å². The van der Waals surface area contributed by atoms with Crippen LogP contribution < -0.4 is 5.32 Å². The standard InChI is InChI=1S/C16H22ClNO2/c1-12(13-8-6-5-7-9-13)14(10-17)11-18-15(19)20-16(2,3)4/h5-10,12H,11H2,1-4H3,(H,18,19). The summed E-state index contributed by atoms with van der Waals surface area (Å²) in [4.78, 5) is 11.6. The molecule has 1 atom stereocenters. The highest BCUT2D eigenvalue weighted by Crippen LogP contribution is 2.23. The summed E-state index contributed by atoms with van der Waals surface area (Å²) in [5.41, 5.74) is 3.11. The first-order valence-electron chi connectivity index (χ1n) is 6.64. The van der Waals surface area contributed by atoms with E-state index < -0.39 is 11.7 Å². The molecule has 0 aromatic heterocycles. The Morgan fingerprint density at radius 3 is 2.45 bits per heavy atom. The van der Waals surface area contributed by atoms with Crippen molar-refractivity contribution in [1.29, 1.82) is 0 Å². The predicted octanol–water partition coefficient (Wildman–Crippen LogP) is 4.44. The number of carbonyl (C=O) groups is 1. The third kappa shape index (κ3) is 5.66. The maximum atomic E-state index is 11.6. The molecule has 1 aromatic rings. The van der Waals surface area contributed by atoms with Crippen molar-refractivity contribution in [2.75, 3.05) is 6.54 Å². The molecular formula is C16H22ClNO2. The van der Waals surface area contributed by atoms with E-state index >= 15 is 0 Å². The normalized spacial score (nSPS) is 13.8. The molecule has 0 heterocycles. The minimum Gasteiger partial charge on any atom is -0.444 e. The van der Waals surface area contributed by atoms with E-state index in [1.807, 2.05) is 51.1 Å². The zero-order valence-corrected chi connectivity index (χ0v) is 13.2. The van der Waals surface area contributed by atoms with Crippen molar-refractivity contribution in [3.63, 3.8) is 0 Å². The third-order valence-corrected chi connectivity index (χ3v) is 3.11. The van der Waals surface area contributed by atoms with E-state index in [0.29, 0.717) is 6.54 Å². The Morgan fingerprint density at radius 2 is 1.95 bits per heavy atom. The van der Waals surface area contributed by atoms with Crippen LogP contribution in [0.25, 0.3) is 0 Å². The predicted molar refractivity (Wildman–Crippen MR) is 83.0 cm³/mol. The van der Waals surface area contributed by atoms with Gasteiger partial charge in [0, 0.05) is 18.0 Å². The number of carbonyl (C=O) groups excluding carboxylic acids is 1. The van der Waals surface area contributed by atoms with Crippen molar-refractivity contribution in [3.05, 3.63) is 47.0 Å². The summed E-state index contributed by atoms with van der Waals surface area (Å²) in [6.45, 7) is 7.92. The van der Waals surface area contributed by atoms with Gasteiger partial charge in [-0.1, -0.05) is 48.9 Å². The highest BCUT2D eigenvalue weighted by Gasteiger charge is 2.17. The quantitative estimate of drug-likeness (QED) is 0.892. The van der Waals surface area contributed by atoms with E-state index in [-0.39, 0.29) is 5.92 Å². The van der Waals surface area contributed by atoms with Crippen LogP contribution in [0.5, 0.6) is 0 Å². The Kier molecular flexibility index (Phi) is 6.08. The average Bonchev–Trinajstić information content (AvgIpc) is 2.38. The van der Waals surface area contributed by atoms with Crippen LogP contribution in [0.15, 0.2) is 41.4 Å². The summed E-state index contributed by atoms with van der Waals surface area (Å²) in [6.07, 6.45) is -0.436. The maximum absolute atomic E-state index is 11.6. The Bertz CT molecular complexity index is 463. The van der Waals surface area contributed by atoms with Crippen LogP contribution in [0, 0.1) is 0 Å². The van der Waals surface area contributed by atoms with Crippen molar-refractivity contribution in [1.82, 2.24) is 5.32 Å². The molecule has 0 saturated heterocycles. The Balaban J connectivity index is 2.59. The van der Waals surface area contributed by atoms with Gasteiger partial charge in [0.15, 0.2) is 0 Å². The second-order valence-electron chi connectivity index (χ2n) is 5.67. The number of ether oxygens (including phenoxy) is 1. The number of hydrogen-bond donors (Lipinski definition) is 1. The van der Waals surface area contributed by atoms with Gasteiger partial charge in [0.25, 0.3) is 0 Å². The van der Waals surface area contributed by atoms with Gasteiger partial charge < -0.3 is 10.1 Å². The smallest absolute Gasteiger partial charge is 0.407 e. The fraction of sp³-hybridized carbons (Fsp3) is 0.438. The number of hydrogen-bond acceptors (Lipinski definition) is 2. The van der Waals surface area contributed by atoms with E-state index in [0.717, 1.165) is 11.1 Å². The monoisotopic (exact) mass is 295 g/mol. The lowest BCUT2D eigenvalue weighted by Gasteiger charge is -2.21. The molecule has 0 saturated carbocycles. The van der Waals surface area contributed by atoms with Crippen molar-refractivity contribution < 1.29 is 9.53 Å². The molecule has 0 aliphatic carbocycles. The lowest BCUT2D eigenvalue weighted by Crippen LogP contribution is -2.34. The van der Waals surface area contributed by atoms with Crippen molar-refractivity contribution in [3.8, 4) is 0 Å². The second kappa shape index (κ2) is 7.34. The van der Waals surface area contributed by atoms with Crippen LogP contribution in [0.4, 0.5) is 4.79 Å². The number of alkyl carbamates (subject to hydrolysis) is 1. The molecule has 1 amide bonds. The largest absolute Gasteiger partial charge is 0.444 e. The van der Waals surface area contributed by atoms with Crippen LogP contribution in [0.1, 0.15) is 39.2 Å². The number of nitrogens with one attached hydrogen (secondary N) is 1. The van der Waals surface area contributed by atoms with Gasteiger partial charge in [0.05, 0.1) is 0 Å². The molecule has 0 bridgehead atoms. The van der Waals surface area contributed by atoms with Gasteiger partial charge in [-0.3, -0.25) is 0 Å². The molecular weight excluding hydrogens is 274 g/mol. The molecule has 0 aliphatic rings. The molecule has 0 radical (unpaired) electrons. The van der Waals surface area contributed by atoms with Crippen LogP contribution in [0.3, 0.4) is 0 Å². The van der Waals surface area contributed by atoms with Gasteiger partial charge >= 0.3 is 6.09 Å². The number of rotatable bonds is 4. The molecule has 110 valence electrons. The maximum Gasteiger partial charge on any atom is 0.407 e. The summed E-state index contributed by atoms with van der Waals surface area (Å²) in [7, 11) is 0. The summed E-state index contributed by atoms with van der Waals surface area (Å²) < 4.78 is 5.20. The third-order valence-electron chi connectivity index (χ3n) is 2.83. The van der Waals surface area contributed by atoms with Gasteiger partial charge in [-0.2, -0.15) is 0 Å². The lowest BCUT2D eigenvalue weighted by atomic mass is 9.94. The fourth-order valence-corrected chi connectivity index (χ4v) is 2.00. The van der Waals surface area contributed by atoms with E-state index in [9.17, 15) is 4.79 Å². The Hall–Kier alpha value is -1.48. The van der Waals surface area contributed by atoms with Crippen LogP contribution in [0.2, 0.25) is 0 Å². The fourth-order valence-electron chi connectivity index (χ4n) is 1.73. The lowest BCUT2D eigenvalue weighted by molar-refractivity contribution is 0.0532. The average molecular weight is 296 g/mol. The molecule has 20 heavy (non-hydrogen) atoms. The summed E-state index contributed by atoms with van der Waals surface area (Å²) in [6, 6.07) is 10.0. The minimum atomic E-state index is -0.500. The van der Waals surface area contributed by atoms with E-state index in [1.165, 1.54) is 5.54 Å². The SMILES string of the molecule is CC(C(=CCl)CNC(=O)OC(C)(C)C)c1ccccc1.